The van der Waals surface area contributed by atoms with Crippen LogP contribution in [0.5, 0.6) is 5.75 Å². The number of nitrogens with one attached hydrogen (secondary N) is 1. The van der Waals surface area contributed by atoms with E-state index in [1.54, 1.807) is 43.3 Å². The third-order valence-electron chi connectivity index (χ3n) is 5.87. The minimum Gasteiger partial charge on any atom is -0.487 e. The molecule has 1 aliphatic rings. The van der Waals surface area contributed by atoms with Gasteiger partial charge in [-0.1, -0.05) is 30.3 Å². The van der Waals surface area contributed by atoms with Crippen LogP contribution in [0, 0.1) is 6.92 Å². The van der Waals surface area contributed by atoms with Gasteiger partial charge < -0.3 is 19.6 Å². The topological polar surface area (TPSA) is 106 Å². The van der Waals surface area contributed by atoms with Crippen molar-refractivity contribution in [3.05, 3.63) is 75.1 Å². The van der Waals surface area contributed by atoms with E-state index >= 15 is 0 Å². The van der Waals surface area contributed by atoms with E-state index in [1.807, 2.05) is 19.9 Å². The lowest BCUT2D eigenvalue weighted by molar-refractivity contribution is -0.142. The first-order valence-corrected chi connectivity index (χ1v) is 10.5. The molecule has 2 aromatic carbocycles. The summed E-state index contributed by atoms with van der Waals surface area (Å²) < 4.78 is 11.5. The summed E-state index contributed by atoms with van der Waals surface area (Å²) in [6.45, 7) is 5.81. The number of carboxylic acid groups (broad SMARTS) is 1. The van der Waals surface area contributed by atoms with Gasteiger partial charge in [-0.15, -0.1) is 0 Å². The van der Waals surface area contributed by atoms with Crippen molar-refractivity contribution in [2.45, 2.75) is 51.7 Å². The van der Waals surface area contributed by atoms with Gasteiger partial charge in [0.05, 0.1) is 12.0 Å². The number of aryl methyl sites for hydroxylation is 2. The van der Waals surface area contributed by atoms with E-state index in [1.165, 1.54) is 0 Å². The molecule has 2 heterocycles. The number of fused-ring (bicyclic) bond motifs is 2. The molecule has 0 unspecified atom stereocenters. The molecule has 7 heteroatoms. The molecule has 0 radical (unpaired) electrons. The Morgan fingerprint density at radius 1 is 1.19 bits per heavy atom. The standard InChI is InChI=1S/C25H25NO6/c1-14-17-11-16-9-10-25(2,3)32-19(16)13-20(17)31-24(30)18(14)12-21(27)26-22(23(28)29)15-7-5-4-6-8-15/h4-8,11,13,22H,9-10,12H2,1-3H3,(H,26,27)(H,28,29)/t22-/m1/s1. The molecule has 0 saturated heterocycles. The summed E-state index contributed by atoms with van der Waals surface area (Å²) in [5, 5.41) is 12.8. The molecule has 166 valence electrons. The minimum atomic E-state index is -1.20. The van der Waals surface area contributed by atoms with Crippen molar-refractivity contribution in [2.75, 3.05) is 0 Å². The number of amides is 1. The molecule has 1 atom stereocenters. The molecule has 0 bridgehead atoms. The molecule has 2 N–H and O–H groups in total. The average molecular weight is 435 g/mol. The van der Waals surface area contributed by atoms with E-state index in [0.717, 1.165) is 23.8 Å². The maximum absolute atomic E-state index is 12.7. The van der Waals surface area contributed by atoms with E-state index < -0.39 is 23.5 Å². The van der Waals surface area contributed by atoms with E-state index in [9.17, 15) is 19.5 Å². The molecule has 1 amide bonds. The summed E-state index contributed by atoms with van der Waals surface area (Å²) in [7, 11) is 0. The van der Waals surface area contributed by atoms with Crippen LogP contribution in [0.1, 0.15) is 48.6 Å². The highest BCUT2D eigenvalue weighted by Crippen LogP contribution is 2.36. The lowest BCUT2D eigenvalue weighted by Gasteiger charge is -2.32. The van der Waals surface area contributed by atoms with Gasteiger partial charge in [-0.05, 0) is 56.4 Å². The zero-order valence-electron chi connectivity index (χ0n) is 18.2. The van der Waals surface area contributed by atoms with Crippen LogP contribution in [0.15, 0.2) is 51.7 Å². The Bertz CT molecular complexity index is 1260. The Balaban J connectivity index is 1.64. The first-order chi connectivity index (χ1) is 15.1. The summed E-state index contributed by atoms with van der Waals surface area (Å²) in [6.07, 6.45) is 1.43. The van der Waals surface area contributed by atoms with Crippen LogP contribution < -0.4 is 15.7 Å². The summed E-state index contributed by atoms with van der Waals surface area (Å²) in [4.78, 5) is 37.0. The Morgan fingerprint density at radius 3 is 2.59 bits per heavy atom. The molecular formula is C25H25NO6. The maximum Gasteiger partial charge on any atom is 0.340 e. The maximum atomic E-state index is 12.7. The number of carbonyl (C=O) groups is 2. The summed E-state index contributed by atoms with van der Waals surface area (Å²) in [6, 6.07) is 10.9. The first-order valence-electron chi connectivity index (χ1n) is 10.5. The average Bonchev–Trinajstić information content (AvgIpc) is 2.74. The van der Waals surface area contributed by atoms with Crippen LogP contribution in [0.3, 0.4) is 0 Å². The van der Waals surface area contributed by atoms with Gasteiger partial charge in [-0.3, -0.25) is 4.79 Å². The van der Waals surface area contributed by atoms with Gasteiger partial charge in [-0.25, -0.2) is 9.59 Å². The predicted molar refractivity (Wildman–Crippen MR) is 119 cm³/mol. The highest BCUT2D eigenvalue weighted by atomic mass is 16.5. The quantitative estimate of drug-likeness (QED) is 0.592. The SMILES string of the molecule is Cc1c(CC(=O)N[C@@H](C(=O)O)c2ccccc2)c(=O)oc2cc3c(cc12)CCC(C)(C)O3. The highest BCUT2D eigenvalue weighted by molar-refractivity contribution is 5.88. The number of hydrogen-bond acceptors (Lipinski definition) is 5. The summed E-state index contributed by atoms with van der Waals surface area (Å²) in [5.41, 5.74) is 1.83. The van der Waals surface area contributed by atoms with Crippen LogP contribution in [0.2, 0.25) is 0 Å². The van der Waals surface area contributed by atoms with E-state index in [0.29, 0.717) is 22.5 Å². The predicted octanol–water partition coefficient (Wildman–Crippen LogP) is 3.69. The Hall–Kier alpha value is -3.61. The van der Waals surface area contributed by atoms with E-state index in [-0.39, 0.29) is 17.6 Å². The third-order valence-corrected chi connectivity index (χ3v) is 5.87. The molecule has 1 aliphatic heterocycles. The van der Waals surface area contributed by atoms with Gasteiger partial charge in [0, 0.05) is 11.5 Å². The molecule has 3 aromatic rings. The van der Waals surface area contributed by atoms with Crippen molar-refractivity contribution in [2.24, 2.45) is 0 Å². The van der Waals surface area contributed by atoms with Gasteiger partial charge in [0.15, 0.2) is 6.04 Å². The second-order valence-electron chi connectivity index (χ2n) is 8.74. The fraction of sp³-hybridized carbons (Fsp3) is 0.320. The monoisotopic (exact) mass is 435 g/mol. The molecule has 0 fully saturated rings. The molecule has 1 aromatic heterocycles. The van der Waals surface area contributed by atoms with Crippen molar-refractivity contribution in [1.29, 1.82) is 0 Å². The lowest BCUT2D eigenvalue weighted by Crippen LogP contribution is -2.35. The van der Waals surface area contributed by atoms with Crippen LogP contribution in [0.4, 0.5) is 0 Å². The van der Waals surface area contributed by atoms with Crippen LogP contribution in [0.25, 0.3) is 11.0 Å². The van der Waals surface area contributed by atoms with Gasteiger partial charge >= 0.3 is 11.6 Å². The molecular weight excluding hydrogens is 410 g/mol. The first kappa shape index (κ1) is 21.6. The smallest absolute Gasteiger partial charge is 0.340 e. The van der Waals surface area contributed by atoms with E-state index in [4.69, 9.17) is 9.15 Å². The number of hydrogen-bond donors (Lipinski definition) is 2. The molecule has 0 aliphatic carbocycles. The second-order valence-corrected chi connectivity index (χ2v) is 8.74. The Kier molecular flexibility index (Phi) is 5.50. The van der Waals surface area contributed by atoms with E-state index in [2.05, 4.69) is 5.32 Å². The molecule has 7 nitrogen and oxygen atoms in total. The number of aliphatic carboxylic acids is 1. The van der Waals surface area contributed by atoms with Gasteiger partial charge in [0.2, 0.25) is 5.91 Å². The zero-order chi connectivity index (χ0) is 23.0. The molecule has 0 spiro atoms. The van der Waals surface area contributed by atoms with Crippen molar-refractivity contribution >= 4 is 22.8 Å². The van der Waals surface area contributed by atoms with Crippen molar-refractivity contribution < 1.29 is 23.8 Å². The Morgan fingerprint density at radius 2 is 1.91 bits per heavy atom. The fourth-order valence-corrected chi connectivity index (χ4v) is 4.05. The van der Waals surface area contributed by atoms with Crippen LogP contribution in [-0.4, -0.2) is 22.6 Å². The third kappa shape index (κ3) is 4.23. The summed E-state index contributed by atoms with van der Waals surface area (Å²) >= 11 is 0. The number of ether oxygens (including phenoxy) is 1. The van der Waals surface area contributed by atoms with Crippen molar-refractivity contribution in [3.8, 4) is 5.75 Å². The number of benzene rings is 2. The Labute approximate surface area is 185 Å². The van der Waals surface area contributed by atoms with Gasteiger partial charge in [-0.2, -0.15) is 0 Å². The normalized spacial score (nSPS) is 15.5. The number of carbonyl (C=O) groups excluding carboxylic acids is 1. The largest absolute Gasteiger partial charge is 0.487 e. The van der Waals surface area contributed by atoms with Gasteiger partial charge in [0.25, 0.3) is 0 Å². The van der Waals surface area contributed by atoms with Crippen LogP contribution >= 0.6 is 0 Å². The molecule has 32 heavy (non-hydrogen) atoms. The summed E-state index contributed by atoms with van der Waals surface area (Å²) in [5.74, 6) is -1.05. The second kappa shape index (κ2) is 8.15. The number of carboxylic acids is 1. The van der Waals surface area contributed by atoms with Crippen molar-refractivity contribution in [3.63, 3.8) is 0 Å². The highest BCUT2D eigenvalue weighted by Gasteiger charge is 2.28. The van der Waals surface area contributed by atoms with Gasteiger partial charge in [0.1, 0.15) is 16.9 Å². The molecule has 4 rings (SSSR count). The van der Waals surface area contributed by atoms with Crippen molar-refractivity contribution in [1.82, 2.24) is 5.32 Å². The fourth-order valence-electron chi connectivity index (χ4n) is 4.05. The minimum absolute atomic E-state index is 0.212. The molecule has 0 saturated carbocycles. The zero-order valence-corrected chi connectivity index (χ0v) is 18.2. The van der Waals surface area contributed by atoms with Crippen LogP contribution in [-0.2, 0) is 22.4 Å². The number of rotatable bonds is 5. The lowest BCUT2D eigenvalue weighted by atomic mass is 9.92.